The fraction of sp³-hybridized carbons (Fsp3) is 0.214. The molecule has 2 aromatic rings. The van der Waals surface area contributed by atoms with Crippen LogP contribution >= 0.6 is 0 Å². The van der Waals surface area contributed by atoms with Gasteiger partial charge in [-0.2, -0.15) is 0 Å². The molecule has 1 saturated heterocycles. The summed E-state index contributed by atoms with van der Waals surface area (Å²) in [6.45, 7) is 1.28. The molecule has 1 fully saturated rings. The molecule has 4 heteroatoms. The van der Waals surface area contributed by atoms with Gasteiger partial charge in [-0.1, -0.05) is 24.3 Å². The van der Waals surface area contributed by atoms with Gasteiger partial charge in [0.1, 0.15) is 17.7 Å². The number of rotatable bonds is 3. The normalized spacial score (nSPS) is 15.3. The summed E-state index contributed by atoms with van der Waals surface area (Å²) in [6.07, 6.45) is 0.136. The third kappa shape index (κ3) is 1.80. The SMILES string of the molecule is N=C(N)c1ccc(OC2COC2)c2ccccc12. The van der Waals surface area contributed by atoms with Gasteiger partial charge in [-0.3, -0.25) is 5.41 Å². The van der Waals surface area contributed by atoms with E-state index in [1.54, 1.807) is 0 Å². The van der Waals surface area contributed by atoms with Gasteiger partial charge in [0.25, 0.3) is 0 Å². The molecule has 0 unspecified atom stereocenters. The summed E-state index contributed by atoms with van der Waals surface area (Å²) in [6, 6.07) is 11.5. The van der Waals surface area contributed by atoms with Crippen LogP contribution in [0.5, 0.6) is 5.75 Å². The topological polar surface area (TPSA) is 68.3 Å². The Hall–Kier alpha value is -2.07. The van der Waals surface area contributed by atoms with Crippen LogP contribution in [-0.4, -0.2) is 25.2 Å². The van der Waals surface area contributed by atoms with Gasteiger partial charge >= 0.3 is 0 Å². The van der Waals surface area contributed by atoms with Gasteiger partial charge in [-0.15, -0.1) is 0 Å². The van der Waals surface area contributed by atoms with Gasteiger partial charge in [0, 0.05) is 10.9 Å². The Morgan fingerprint density at radius 1 is 1.17 bits per heavy atom. The van der Waals surface area contributed by atoms with Crippen LogP contribution < -0.4 is 10.5 Å². The van der Waals surface area contributed by atoms with Crippen molar-refractivity contribution in [2.24, 2.45) is 5.73 Å². The van der Waals surface area contributed by atoms with E-state index in [0.29, 0.717) is 13.2 Å². The molecule has 3 rings (SSSR count). The molecule has 0 spiro atoms. The molecular formula is C14H14N2O2. The average molecular weight is 242 g/mol. The number of ether oxygens (including phenoxy) is 2. The molecular weight excluding hydrogens is 228 g/mol. The number of hydrogen-bond acceptors (Lipinski definition) is 3. The van der Waals surface area contributed by atoms with Gasteiger partial charge < -0.3 is 15.2 Å². The summed E-state index contributed by atoms with van der Waals surface area (Å²) in [5.74, 6) is 0.897. The predicted molar refractivity (Wildman–Crippen MR) is 70.2 cm³/mol. The summed E-state index contributed by atoms with van der Waals surface area (Å²) in [5.41, 5.74) is 6.33. The Morgan fingerprint density at radius 3 is 2.50 bits per heavy atom. The van der Waals surface area contributed by atoms with E-state index >= 15 is 0 Å². The predicted octanol–water partition coefficient (Wildman–Crippen LogP) is 1.90. The zero-order valence-corrected chi connectivity index (χ0v) is 9.85. The van der Waals surface area contributed by atoms with E-state index in [9.17, 15) is 0 Å². The Balaban J connectivity index is 2.10. The number of benzene rings is 2. The van der Waals surface area contributed by atoms with Crippen LogP contribution in [0.15, 0.2) is 36.4 Å². The molecule has 0 atom stereocenters. The van der Waals surface area contributed by atoms with Crippen molar-refractivity contribution < 1.29 is 9.47 Å². The largest absolute Gasteiger partial charge is 0.485 e. The maximum atomic E-state index is 7.59. The van der Waals surface area contributed by atoms with Gasteiger partial charge in [0.2, 0.25) is 0 Å². The number of amidine groups is 1. The van der Waals surface area contributed by atoms with Crippen LogP contribution in [0.4, 0.5) is 0 Å². The van der Waals surface area contributed by atoms with E-state index < -0.39 is 0 Å². The standard InChI is InChI=1S/C14H14N2O2/c15-14(16)12-5-6-13(18-9-7-17-8-9)11-4-2-1-3-10(11)12/h1-6,9H,7-8H2,(H3,15,16). The Labute approximate surface area is 105 Å². The van der Waals surface area contributed by atoms with Crippen molar-refractivity contribution in [3.8, 4) is 5.75 Å². The second kappa shape index (κ2) is 4.31. The Kier molecular flexibility index (Phi) is 2.64. The summed E-state index contributed by atoms with van der Waals surface area (Å²) in [7, 11) is 0. The maximum Gasteiger partial charge on any atom is 0.145 e. The van der Waals surface area contributed by atoms with Crippen LogP contribution in [0, 0.1) is 5.41 Å². The van der Waals surface area contributed by atoms with Crippen LogP contribution in [0.25, 0.3) is 10.8 Å². The lowest BCUT2D eigenvalue weighted by molar-refractivity contribution is -0.0791. The molecule has 18 heavy (non-hydrogen) atoms. The highest BCUT2D eigenvalue weighted by Gasteiger charge is 2.21. The number of hydrogen-bond donors (Lipinski definition) is 2. The minimum atomic E-state index is 0.0738. The Bertz CT molecular complexity index is 606. The highest BCUT2D eigenvalue weighted by Crippen LogP contribution is 2.29. The fourth-order valence-electron chi connectivity index (χ4n) is 2.07. The van der Waals surface area contributed by atoms with Gasteiger partial charge in [-0.05, 0) is 17.5 Å². The minimum Gasteiger partial charge on any atom is -0.485 e. The van der Waals surface area contributed by atoms with E-state index in [1.165, 1.54) is 0 Å². The molecule has 0 aromatic heterocycles. The lowest BCUT2D eigenvalue weighted by Gasteiger charge is -2.27. The van der Waals surface area contributed by atoms with Crippen molar-refractivity contribution in [2.75, 3.05) is 13.2 Å². The third-order valence-corrected chi connectivity index (χ3v) is 3.08. The molecule has 3 N–H and O–H groups in total. The lowest BCUT2D eigenvalue weighted by Crippen LogP contribution is -2.38. The second-order valence-corrected chi connectivity index (χ2v) is 4.35. The second-order valence-electron chi connectivity index (χ2n) is 4.35. The summed E-state index contributed by atoms with van der Waals surface area (Å²) in [4.78, 5) is 0. The molecule has 0 amide bonds. The molecule has 92 valence electrons. The fourth-order valence-corrected chi connectivity index (χ4v) is 2.07. The van der Waals surface area contributed by atoms with Crippen molar-refractivity contribution in [3.05, 3.63) is 42.0 Å². The van der Waals surface area contributed by atoms with E-state index in [-0.39, 0.29) is 11.9 Å². The zero-order valence-electron chi connectivity index (χ0n) is 9.85. The number of nitrogens with one attached hydrogen (secondary N) is 1. The summed E-state index contributed by atoms with van der Waals surface area (Å²) < 4.78 is 11.0. The molecule has 0 bridgehead atoms. The van der Waals surface area contributed by atoms with Crippen molar-refractivity contribution in [1.29, 1.82) is 5.41 Å². The monoisotopic (exact) mass is 242 g/mol. The first-order valence-electron chi connectivity index (χ1n) is 5.86. The zero-order chi connectivity index (χ0) is 12.5. The highest BCUT2D eigenvalue weighted by molar-refractivity contribution is 6.09. The summed E-state index contributed by atoms with van der Waals surface area (Å²) >= 11 is 0. The van der Waals surface area contributed by atoms with Crippen LogP contribution in [-0.2, 0) is 4.74 Å². The van der Waals surface area contributed by atoms with Crippen molar-refractivity contribution in [2.45, 2.75) is 6.10 Å². The van der Waals surface area contributed by atoms with E-state index in [1.807, 2.05) is 36.4 Å². The van der Waals surface area contributed by atoms with Crippen LogP contribution in [0.1, 0.15) is 5.56 Å². The average Bonchev–Trinajstić information content (AvgIpc) is 2.33. The third-order valence-electron chi connectivity index (χ3n) is 3.08. The minimum absolute atomic E-state index is 0.0738. The molecule has 4 nitrogen and oxygen atoms in total. The van der Waals surface area contributed by atoms with Crippen molar-refractivity contribution >= 4 is 16.6 Å². The first-order chi connectivity index (χ1) is 8.75. The number of fused-ring (bicyclic) bond motifs is 1. The quantitative estimate of drug-likeness (QED) is 0.638. The van der Waals surface area contributed by atoms with Gasteiger partial charge in [0.15, 0.2) is 0 Å². The first kappa shape index (κ1) is 11.0. The molecule has 0 radical (unpaired) electrons. The van der Waals surface area contributed by atoms with Crippen LogP contribution in [0.3, 0.4) is 0 Å². The van der Waals surface area contributed by atoms with Crippen molar-refractivity contribution in [3.63, 3.8) is 0 Å². The van der Waals surface area contributed by atoms with E-state index in [2.05, 4.69) is 0 Å². The van der Waals surface area contributed by atoms with Crippen LogP contribution in [0.2, 0.25) is 0 Å². The maximum absolute atomic E-state index is 7.59. The number of nitrogens with two attached hydrogens (primary N) is 1. The van der Waals surface area contributed by atoms with Gasteiger partial charge in [-0.25, -0.2) is 0 Å². The molecule has 0 aliphatic carbocycles. The Morgan fingerprint density at radius 2 is 1.89 bits per heavy atom. The lowest BCUT2D eigenvalue weighted by atomic mass is 10.0. The smallest absolute Gasteiger partial charge is 0.145 e. The van der Waals surface area contributed by atoms with E-state index in [0.717, 1.165) is 22.1 Å². The van der Waals surface area contributed by atoms with E-state index in [4.69, 9.17) is 20.6 Å². The molecule has 1 aliphatic heterocycles. The molecule has 1 heterocycles. The highest BCUT2D eigenvalue weighted by atomic mass is 16.6. The molecule has 1 aliphatic rings. The van der Waals surface area contributed by atoms with Gasteiger partial charge in [0.05, 0.1) is 13.2 Å². The molecule has 0 saturated carbocycles. The van der Waals surface area contributed by atoms with Crippen molar-refractivity contribution in [1.82, 2.24) is 0 Å². The summed E-state index contributed by atoms with van der Waals surface area (Å²) in [5, 5.41) is 9.52. The first-order valence-corrected chi connectivity index (χ1v) is 5.86. The number of nitrogen functional groups attached to an aromatic ring is 1. The molecule has 2 aromatic carbocycles.